The van der Waals surface area contributed by atoms with Crippen LogP contribution in [-0.4, -0.2) is 22.3 Å². The molecule has 0 aliphatic heterocycles. The van der Waals surface area contributed by atoms with Gasteiger partial charge < -0.3 is 10.6 Å². The van der Waals surface area contributed by atoms with E-state index in [9.17, 15) is 13.6 Å². The zero-order chi connectivity index (χ0) is 15.5. The maximum absolute atomic E-state index is 13.5. The molecule has 3 rings (SSSR count). The minimum absolute atomic E-state index is 0.164. The average molecular weight is 305 g/mol. The Labute approximate surface area is 124 Å². The van der Waals surface area contributed by atoms with Gasteiger partial charge in [0.2, 0.25) is 0 Å². The van der Waals surface area contributed by atoms with Gasteiger partial charge in [0.15, 0.2) is 11.6 Å². The van der Waals surface area contributed by atoms with Gasteiger partial charge in [-0.05, 0) is 37.1 Å². The molecule has 0 unspecified atom stereocenters. The lowest BCUT2D eigenvalue weighted by atomic mass is 10.3. The number of carbonyl (C=O) groups excluding carboxylic acids is 1. The standard InChI is InChI=1S/C14H13F2N5O/c15-9-2-1-3-10(16)13(9)18-11-6-7-12(21-20-11)19-14(22)17-8-4-5-8/h1-3,6-8H,4-5H2,(H,18,20)(H2,17,19,21,22). The first-order valence-corrected chi connectivity index (χ1v) is 6.74. The third-order valence-electron chi connectivity index (χ3n) is 3.03. The van der Waals surface area contributed by atoms with Crippen molar-refractivity contribution in [1.82, 2.24) is 15.5 Å². The van der Waals surface area contributed by atoms with Gasteiger partial charge in [-0.1, -0.05) is 6.07 Å². The molecule has 1 aliphatic rings. The summed E-state index contributed by atoms with van der Waals surface area (Å²) < 4.78 is 27.0. The lowest BCUT2D eigenvalue weighted by molar-refractivity contribution is 0.251. The Morgan fingerprint density at radius 1 is 1.05 bits per heavy atom. The number of urea groups is 1. The van der Waals surface area contributed by atoms with Crippen molar-refractivity contribution in [3.8, 4) is 0 Å². The van der Waals surface area contributed by atoms with Crippen LogP contribution in [0, 0.1) is 11.6 Å². The van der Waals surface area contributed by atoms with Crippen molar-refractivity contribution >= 4 is 23.4 Å². The van der Waals surface area contributed by atoms with Crippen LogP contribution in [0.3, 0.4) is 0 Å². The largest absolute Gasteiger partial charge is 0.335 e. The summed E-state index contributed by atoms with van der Waals surface area (Å²) in [5, 5.41) is 15.3. The highest BCUT2D eigenvalue weighted by molar-refractivity contribution is 5.88. The van der Waals surface area contributed by atoms with Crippen molar-refractivity contribution in [2.24, 2.45) is 0 Å². The number of hydrogen-bond donors (Lipinski definition) is 3. The minimum atomic E-state index is -0.729. The molecule has 0 spiro atoms. The highest BCUT2D eigenvalue weighted by Gasteiger charge is 2.23. The highest BCUT2D eigenvalue weighted by atomic mass is 19.1. The predicted octanol–water partition coefficient (Wildman–Crippen LogP) is 2.78. The maximum atomic E-state index is 13.5. The minimum Gasteiger partial charge on any atom is -0.335 e. The van der Waals surface area contributed by atoms with Crippen molar-refractivity contribution in [2.45, 2.75) is 18.9 Å². The topological polar surface area (TPSA) is 78.9 Å². The van der Waals surface area contributed by atoms with E-state index in [0.717, 1.165) is 25.0 Å². The zero-order valence-electron chi connectivity index (χ0n) is 11.4. The Kier molecular flexibility index (Phi) is 3.82. The summed E-state index contributed by atoms with van der Waals surface area (Å²) in [4.78, 5) is 11.5. The van der Waals surface area contributed by atoms with E-state index in [1.165, 1.54) is 18.2 Å². The Morgan fingerprint density at radius 3 is 2.27 bits per heavy atom. The fraction of sp³-hybridized carbons (Fsp3) is 0.214. The van der Waals surface area contributed by atoms with Gasteiger partial charge in [0.25, 0.3) is 0 Å². The second-order valence-electron chi connectivity index (χ2n) is 4.90. The molecule has 0 radical (unpaired) electrons. The predicted molar refractivity (Wildman–Crippen MR) is 76.8 cm³/mol. The van der Waals surface area contributed by atoms with Crippen LogP contribution >= 0.6 is 0 Å². The first kappa shape index (κ1) is 14.2. The normalized spacial score (nSPS) is 13.5. The van der Waals surface area contributed by atoms with E-state index in [-0.39, 0.29) is 29.4 Å². The van der Waals surface area contributed by atoms with E-state index < -0.39 is 11.6 Å². The van der Waals surface area contributed by atoms with Gasteiger partial charge in [0.05, 0.1) is 0 Å². The van der Waals surface area contributed by atoms with E-state index in [1.807, 2.05) is 0 Å². The summed E-state index contributed by atoms with van der Waals surface area (Å²) in [6, 6.07) is 6.38. The van der Waals surface area contributed by atoms with E-state index in [1.54, 1.807) is 0 Å². The number of nitrogens with zero attached hydrogens (tertiary/aromatic N) is 2. The van der Waals surface area contributed by atoms with Gasteiger partial charge in [0, 0.05) is 6.04 Å². The number of carbonyl (C=O) groups is 1. The summed E-state index contributed by atoms with van der Waals surface area (Å²) >= 11 is 0. The Hall–Kier alpha value is -2.77. The van der Waals surface area contributed by atoms with Crippen molar-refractivity contribution in [3.05, 3.63) is 42.0 Å². The van der Waals surface area contributed by atoms with Crippen molar-refractivity contribution in [3.63, 3.8) is 0 Å². The molecule has 0 saturated heterocycles. The van der Waals surface area contributed by atoms with E-state index in [0.29, 0.717) is 0 Å². The summed E-state index contributed by atoms with van der Waals surface area (Å²) in [6.07, 6.45) is 1.96. The molecule has 8 heteroatoms. The SMILES string of the molecule is O=C(Nc1ccc(Nc2c(F)cccc2F)nn1)NC1CC1. The van der Waals surface area contributed by atoms with Crippen molar-refractivity contribution < 1.29 is 13.6 Å². The smallest absolute Gasteiger partial charge is 0.320 e. The Bertz CT molecular complexity index is 668. The Balaban J connectivity index is 1.64. The third kappa shape index (κ3) is 3.46. The second kappa shape index (κ2) is 5.92. The first-order chi connectivity index (χ1) is 10.6. The van der Waals surface area contributed by atoms with E-state index >= 15 is 0 Å². The van der Waals surface area contributed by atoms with Gasteiger partial charge in [-0.3, -0.25) is 5.32 Å². The highest BCUT2D eigenvalue weighted by Crippen LogP contribution is 2.22. The molecule has 2 amide bonds. The van der Waals surface area contributed by atoms with E-state index in [4.69, 9.17) is 0 Å². The van der Waals surface area contributed by atoms with Gasteiger partial charge in [-0.25, -0.2) is 13.6 Å². The molecule has 3 N–H and O–H groups in total. The molecular formula is C14H13F2N5O. The van der Waals surface area contributed by atoms with Gasteiger partial charge in [-0.15, -0.1) is 10.2 Å². The first-order valence-electron chi connectivity index (χ1n) is 6.74. The number of nitrogens with one attached hydrogen (secondary N) is 3. The van der Waals surface area contributed by atoms with Crippen LogP contribution in [0.25, 0.3) is 0 Å². The molecule has 1 aromatic heterocycles. The zero-order valence-corrected chi connectivity index (χ0v) is 11.4. The van der Waals surface area contributed by atoms with Crippen LogP contribution in [0.1, 0.15) is 12.8 Å². The van der Waals surface area contributed by atoms with Crippen LogP contribution < -0.4 is 16.0 Å². The molecule has 1 heterocycles. The lowest BCUT2D eigenvalue weighted by Crippen LogP contribution is -2.30. The summed E-state index contributed by atoms with van der Waals surface area (Å²) in [5.74, 6) is -1.05. The molecule has 0 bridgehead atoms. The number of halogens is 2. The van der Waals surface area contributed by atoms with Crippen molar-refractivity contribution in [2.75, 3.05) is 10.6 Å². The number of benzene rings is 1. The number of hydrogen-bond acceptors (Lipinski definition) is 4. The molecule has 0 atom stereocenters. The molecule has 1 aliphatic carbocycles. The van der Waals surface area contributed by atoms with Gasteiger partial charge in [0.1, 0.15) is 17.3 Å². The van der Waals surface area contributed by atoms with Gasteiger partial charge >= 0.3 is 6.03 Å². The third-order valence-corrected chi connectivity index (χ3v) is 3.03. The van der Waals surface area contributed by atoms with Crippen LogP contribution in [0.15, 0.2) is 30.3 Å². The van der Waals surface area contributed by atoms with Crippen LogP contribution in [0.4, 0.5) is 30.9 Å². The number of aromatic nitrogens is 2. The van der Waals surface area contributed by atoms with Crippen molar-refractivity contribution in [1.29, 1.82) is 0 Å². The summed E-state index contributed by atoms with van der Waals surface area (Å²) in [6.45, 7) is 0. The number of rotatable bonds is 4. The molecule has 1 aromatic carbocycles. The fourth-order valence-corrected chi connectivity index (χ4v) is 1.78. The summed E-state index contributed by atoms with van der Waals surface area (Å²) in [5.41, 5.74) is -0.302. The fourth-order valence-electron chi connectivity index (χ4n) is 1.78. The van der Waals surface area contributed by atoms with Crippen LogP contribution in [-0.2, 0) is 0 Å². The monoisotopic (exact) mass is 305 g/mol. The maximum Gasteiger partial charge on any atom is 0.320 e. The molecule has 1 saturated carbocycles. The summed E-state index contributed by atoms with van der Waals surface area (Å²) in [7, 11) is 0. The second-order valence-corrected chi connectivity index (χ2v) is 4.90. The van der Waals surface area contributed by atoms with Crippen LogP contribution in [0.5, 0.6) is 0 Å². The van der Waals surface area contributed by atoms with Crippen LogP contribution in [0.2, 0.25) is 0 Å². The van der Waals surface area contributed by atoms with E-state index in [2.05, 4.69) is 26.1 Å². The molecule has 22 heavy (non-hydrogen) atoms. The Morgan fingerprint density at radius 2 is 1.68 bits per heavy atom. The number of amides is 2. The molecule has 114 valence electrons. The molecule has 6 nitrogen and oxygen atoms in total. The van der Waals surface area contributed by atoms with Gasteiger partial charge in [-0.2, -0.15) is 0 Å². The molecule has 2 aromatic rings. The number of para-hydroxylation sites is 1. The quantitative estimate of drug-likeness (QED) is 0.811. The molecule has 1 fully saturated rings. The lowest BCUT2D eigenvalue weighted by Gasteiger charge is -2.08. The number of anilines is 3. The average Bonchev–Trinajstić information content (AvgIpc) is 3.29. The molecular weight excluding hydrogens is 292 g/mol.